The Morgan fingerprint density at radius 3 is 2.50 bits per heavy atom. The highest BCUT2D eigenvalue weighted by Crippen LogP contribution is 2.32. The van der Waals surface area contributed by atoms with Crippen LogP contribution in [0.15, 0.2) is 36.4 Å². The van der Waals surface area contributed by atoms with Gasteiger partial charge in [0.2, 0.25) is 0 Å². The molecule has 1 unspecified atom stereocenters. The van der Waals surface area contributed by atoms with Crippen molar-refractivity contribution in [2.75, 3.05) is 13.2 Å². The van der Waals surface area contributed by atoms with Crippen molar-refractivity contribution in [3.8, 4) is 23.1 Å². The van der Waals surface area contributed by atoms with Gasteiger partial charge in [-0.25, -0.2) is 13.9 Å². The molecule has 0 bridgehead atoms. The van der Waals surface area contributed by atoms with Crippen LogP contribution in [0.1, 0.15) is 6.92 Å². The second-order valence-electron chi connectivity index (χ2n) is 6.56. The summed E-state index contributed by atoms with van der Waals surface area (Å²) in [5.41, 5.74) is 0.390. The SMILES string of the molecule is CC(COC(=O)COc1nc(-c2ccc(Cl)cc2Cl)n(-c2ccc(Cl)cc2F)n1)C(=O)O. The van der Waals surface area contributed by atoms with Crippen molar-refractivity contribution in [2.24, 2.45) is 5.92 Å². The number of carboxylic acids is 1. The molecule has 1 heterocycles. The maximum Gasteiger partial charge on any atom is 0.344 e. The van der Waals surface area contributed by atoms with Gasteiger partial charge in [-0.15, -0.1) is 5.10 Å². The molecule has 168 valence electrons. The molecule has 32 heavy (non-hydrogen) atoms. The Balaban J connectivity index is 1.89. The van der Waals surface area contributed by atoms with Crippen LogP contribution in [-0.4, -0.2) is 45.0 Å². The minimum Gasteiger partial charge on any atom is -0.481 e. The van der Waals surface area contributed by atoms with E-state index in [1.807, 2.05) is 0 Å². The summed E-state index contributed by atoms with van der Waals surface area (Å²) in [6.07, 6.45) is 0. The van der Waals surface area contributed by atoms with Crippen molar-refractivity contribution in [1.29, 1.82) is 0 Å². The number of carbonyl (C=O) groups excluding carboxylic acids is 1. The molecule has 3 aromatic rings. The van der Waals surface area contributed by atoms with Gasteiger partial charge < -0.3 is 14.6 Å². The summed E-state index contributed by atoms with van der Waals surface area (Å²) >= 11 is 18.1. The van der Waals surface area contributed by atoms with Crippen molar-refractivity contribution in [2.45, 2.75) is 6.92 Å². The summed E-state index contributed by atoms with van der Waals surface area (Å²) in [5.74, 6) is -3.35. The number of esters is 1. The highest BCUT2D eigenvalue weighted by Gasteiger charge is 2.21. The summed E-state index contributed by atoms with van der Waals surface area (Å²) < 4.78 is 25.8. The molecule has 2 aromatic carbocycles. The molecule has 0 aliphatic rings. The zero-order valence-corrected chi connectivity index (χ0v) is 18.7. The number of carboxylic acid groups (broad SMARTS) is 1. The lowest BCUT2D eigenvalue weighted by atomic mass is 10.2. The van der Waals surface area contributed by atoms with E-state index in [1.54, 1.807) is 12.1 Å². The highest BCUT2D eigenvalue weighted by atomic mass is 35.5. The fourth-order valence-electron chi connectivity index (χ4n) is 2.47. The van der Waals surface area contributed by atoms with E-state index >= 15 is 0 Å². The quantitative estimate of drug-likeness (QED) is 0.446. The summed E-state index contributed by atoms with van der Waals surface area (Å²) in [5, 5.41) is 13.7. The molecule has 3 rings (SSSR count). The number of halogens is 4. The average Bonchev–Trinajstić information content (AvgIpc) is 3.14. The summed E-state index contributed by atoms with van der Waals surface area (Å²) in [4.78, 5) is 26.8. The van der Waals surface area contributed by atoms with Crippen LogP contribution in [-0.2, 0) is 14.3 Å². The van der Waals surface area contributed by atoms with Gasteiger partial charge in [-0.05, 0) is 43.3 Å². The van der Waals surface area contributed by atoms with Gasteiger partial charge in [0, 0.05) is 15.6 Å². The average molecular weight is 503 g/mol. The fourth-order valence-corrected chi connectivity index (χ4v) is 3.13. The number of rotatable bonds is 8. The molecular formula is C20H15Cl3FN3O5. The van der Waals surface area contributed by atoms with Crippen LogP contribution in [0.25, 0.3) is 17.1 Å². The number of aliphatic carboxylic acids is 1. The van der Waals surface area contributed by atoms with Crippen LogP contribution in [0.2, 0.25) is 15.1 Å². The Morgan fingerprint density at radius 1 is 1.16 bits per heavy atom. The zero-order valence-electron chi connectivity index (χ0n) is 16.4. The molecule has 0 fully saturated rings. The first-order valence-corrected chi connectivity index (χ1v) is 10.2. The predicted molar refractivity (Wildman–Crippen MR) is 115 cm³/mol. The standard InChI is InChI=1S/C20H15Cl3FN3O5/c1-10(19(29)30)8-31-17(28)9-32-20-25-18(13-4-2-11(21)6-14(13)23)27(26-20)16-5-3-12(22)7-15(16)24/h2-7,10H,8-9H2,1H3,(H,29,30). The topological polar surface area (TPSA) is 104 Å². The van der Waals surface area contributed by atoms with E-state index in [1.165, 1.54) is 25.1 Å². The lowest BCUT2D eigenvalue weighted by Crippen LogP contribution is -2.22. The number of ether oxygens (including phenoxy) is 2. The first-order chi connectivity index (χ1) is 15.2. The number of nitrogens with zero attached hydrogens (tertiary/aromatic N) is 3. The van der Waals surface area contributed by atoms with Crippen LogP contribution < -0.4 is 4.74 Å². The zero-order chi connectivity index (χ0) is 23.4. The number of hydrogen-bond acceptors (Lipinski definition) is 6. The van der Waals surface area contributed by atoms with Gasteiger partial charge in [0.25, 0.3) is 0 Å². The van der Waals surface area contributed by atoms with Gasteiger partial charge >= 0.3 is 17.9 Å². The fraction of sp³-hybridized carbons (Fsp3) is 0.200. The summed E-state index contributed by atoms with van der Waals surface area (Å²) in [6, 6.07) is 8.33. The van der Waals surface area contributed by atoms with Crippen molar-refractivity contribution in [1.82, 2.24) is 14.8 Å². The molecular weight excluding hydrogens is 488 g/mol. The van der Waals surface area contributed by atoms with E-state index < -0.39 is 30.3 Å². The molecule has 0 saturated heterocycles. The first kappa shape index (κ1) is 23.8. The molecule has 0 amide bonds. The molecule has 8 nitrogen and oxygen atoms in total. The lowest BCUT2D eigenvalue weighted by Gasteiger charge is -2.08. The van der Waals surface area contributed by atoms with E-state index in [0.29, 0.717) is 10.6 Å². The minimum atomic E-state index is -1.10. The molecule has 0 aliphatic heterocycles. The second kappa shape index (κ2) is 10.2. The number of hydrogen-bond donors (Lipinski definition) is 1. The van der Waals surface area contributed by atoms with Crippen molar-refractivity contribution < 1.29 is 28.6 Å². The predicted octanol–water partition coefficient (Wildman–Crippen LogP) is 4.68. The maximum absolute atomic E-state index is 14.6. The Labute approximate surface area is 196 Å². The third kappa shape index (κ3) is 5.67. The smallest absolute Gasteiger partial charge is 0.344 e. The summed E-state index contributed by atoms with van der Waals surface area (Å²) in [6.45, 7) is 0.483. The Morgan fingerprint density at radius 2 is 1.84 bits per heavy atom. The van der Waals surface area contributed by atoms with E-state index in [2.05, 4.69) is 10.1 Å². The van der Waals surface area contributed by atoms with Crippen LogP contribution in [0, 0.1) is 11.7 Å². The van der Waals surface area contributed by atoms with Gasteiger partial charge in [0.15, 0.2) is 12.4 Å². The number of benzene rings is 2. The van der Waals surface area contributed by atoms with Gasteiger partial charge in [0.1, 0.15) is 18.1 Å². The Bertz CT molecular complexity index is 1100. The largest absolute Gasteiger partial charge is 0.481 e. The molecule has 1 N–H and O–H groups in total. The van der Waals surface area contributed by atoms with Crippen LogP contribution in [0.3, 0.4) is 0 Å². The molecule has 0 radical (unpaired) electrons. The Kier molecular flexibility index (Phi) is 7.55. The first-order valence-electron chi connectivity index (χ1n) is 9.05. The van der Waals surface area contributed by atoms with Crippen LogP contribution in [0.5, 0.6) is 6.01 Å². The molecule has 0 spiro atoms. The van der Waals surface area contributed by atoms with Crippen molar-refractivity contribution in [3.63, 3.8) is 0 Å². The maximum atomic E-state index is 14.6. The molecule has 0 aliphatic carbocycles. The monoisotopic (exact) mass is 501 g/mol. The third-order valence-electron chi connectivity index (χ3n) is 4.13. The number of carbonyl (C=O) groups is 2. The van der Waals surface area contributed by atoms with E-state index in [-0.39, 0.29) is 34.2 Å². The lowest BCUT2D eigenvalue weighted by molar-refractivity contribution is -0.152. The van der Waals surface area contributed by atoms with Crippen molar-refractivity contribution in [3.05, 3.63) is 57.3 Å². The molecule has 12 heteroatoms. The highest BCUT2D eigenvalue weighted by molar-refractivity contribution is 6.36. The Hall–Kier alpha value is -2.88. The van der Waals surface area contributed by atoms with Crippen molar-refractivity contribution >= 4 is 46.7 Å². The number of aromatic nitrogens is 3. The van der Waals surface area contributed by atoms with Crippen LogP contribution >= 0.6 is 34.8 Å². The molecule has 0 saturated carbocycles. The second-order valence-corrected chi connectivity index (χ2v) is 7.84. The van der Waals surface area contributed by atoms with E-state index in [0.717, 1.165) is 10.7 Å². The molecule has 1 atom stereocenters. The summed E-state index contributed by atoms with van der Waals surface area (Å²) in [7, 11) is 0. The van der Waals surface area contributed by atoms with Gasteiger partial charge in [-0.2, -0.15) is 4.98 Å². The van der Waals surface area contributed by atoms with Crippen LogP contribution in [0.4, 0.5) is 4.39 Å². The molecule has 1 aromatic heterocycles. The minimum absolute atomic E-state index is 0.00984. The van der Waals surface area contributed by atoms with Gasteiger partial charge in [0.05, 0.1) is 10.9 Å². The van der Waals surface area contributed by atoms with Gasteiger partial charge in [-0.1, -0.05) is 34.8 Å². The normalized spacial score (nSPS) is 11.8. The van der Waals surface area contributed by atoms with E-state index in [9.17, 15) is 14.0 Å². The third-order valence-corrected chi connectivity index (χ3v) is 4.92. The van der Waals surface area contributed by atoms with Gasteiger partial charge in [-0.3, -0.25) is 4.79 Å². The van der Waals surface area contributed by atoms with E-state index in [4.69, 9.17) is 49.4 Å².